The summed E-state index contributed by atoms with van der Waals surface area (Å²) in [6, 6.07) is 2.33. The molecular formula is C7H5ClF2. The summed E-state index contributed by atoms with van der Waals surface area (Å²) >= 11 is 5.48. The SMILES string of the molecule is Cc1c(Cl)ccc(F)c1F. The molecule has 0 saturated heterocycles. The first-order valence-corrected chi connectivity index (χ1v) is 3.11. The number of rotatable bonds is 0. The molecule has 0 amide bonds. The van der Waals surface area contributed by atoms with E-state index in [9.17, 15) is 8.78 Å². The average molecular weight is 163 g/mol. The summed E-state index contributed by atoms with van der Waals surface area (Å²) in [4.78, 5) is 0. The van der Waals surface area contributed by atoms with Gasteiger partial charge in [-0.05, 0) is 19.1 Å². The Hall–Kier alpha value is -0.630. The smallest absolute Gasteiger partial charge is 0.163 e. The van der Waals surface area contributed by atoms with Crippen LogP contribution in [0.1, 0.15) is 5.56 Å². The summed E-state index contributed by atoms with van der Waals surface area (Å²) in [5.74, 6) is -1.73. The maximum atomic E-state index is 12.5. The fraction of sp³-hybridized carbons (Fsp3) is 0.143. The van der Waals surface area contributed by atoms with Crippen LogP contribution in [-0.2, 0) is 0 Å². The Kier molecular flexibility index (Phi) is 1.90. The highest BCUT2D eigenvalue weighted by molar-refractivity contribution is 6.31. The molecule has 10 heavy (non-hydrogen) atoms. The van der Waals surface area contributed by atoms with Crippen LogP contribution >= 0.6 is 11.6 Å². The van der Waals surface area contributed by atoms with E-state index in [0.29, 0.717) is 0 Å². The Morgan fingerprint density at radius 2 is 1.90 bits per heavy atom. The lowest BCUT2D eigenvalue weighted by molar-refractivity contribution is 0.503. The van der Waals surface area contributed by atoms with E-state index in [1.54, 1.807) is 0 Å². The van der Waals surface area contributed by atoms with Gasteiger partial charge in [-0.25, -0.2) is 8.78 Å². The van der Waals surface area contributed by atoms with E-state index >= 15 is 0 Å². The molecule has 0 aliphatic rings. The molecule has 0 heterocycles. The summed E-state index contributed by atoms with van der Waals surface area (Å²) in [5, 5.41) is 0.249. The fourth-order valence-corrected chi connectivity index (χ4v) is 0.774. The molecule has 0 radical (unpaired) electrons. The first-order valence-electron chi connectivity index (χ1n) is 2.73. The van der Waals surface area contributed by atoms with Crippen molar-refractivity contribution in [1.29, 1.82) is 0 Å². The van der Waals surface area contributed by atoms with E-state index in [-0.39, 0.29) is 10.6 Å². The fourth-order valence-electron chi connectivity index (χ4n) is 0.628. The van der Waals surface area contributed by atoms with Crippen molar-refractivity contribution in [3.8, 4) is 0 Å². The predicted octanol–water partition coefficient (Wildman–Crippen LogP) is 2.93. The Labute approximate surface area is 62.4 Å². The van der Waals surface area contributed by atoms with Gasteiger partial charge in [-0.1, -0.05) is 11.6 Å². The van der Waals surface area contributed by atoms with Gasteiger partial charge in [0.05, 0.1) is 0 Å². The van der Waals surface area contributed by atoms with Gasteiger partial charge in [0.15, 0.2) is 11.6 Å². The van der Waals surface area contributed by atoms with Crippen LogP contribution in [0, 0.1) is 18.6 Å². The van der Waals surface area contributed by atoms with Crippen LogP contribution in [0.15, 0.2) is 12.1 Å². The van der Waals surface area contributed by atoms with Crippen LogP contribution in [0.25, 0.3) is 0 Å². The molecule has 0 aromatic heterocycles. The van der Waals surface area contributed by atoms with E-state index in [0.717, 1.165) is 6.07 Å². The summed E-state index contributed by atoms with van der Waals surface area (Å²) in [5.41, 5.74) is 0.154. The number of halogens is 3. The van der Waals surface area contributed by atoms with E-state index in [2.05, 4.69) is 0 Å². The van der Waals surface area contributed by atoms with Gasteiger partial charge >= 0.3 is 0 Å². The molecule has 0 aliphatic heterocycles. The lowest BCUT2D eigenvalue weighted by atomic mass is 10.2. The molecule has 0 nitrogen and oxygen atoms in total. The Morgan fingerprint density at radius 3 is 2.40 bits per heavy atom. The van der Waals surface area contributed by atoms with Crippen molar-refractivity contribution in [2.75, 3.05) is 0 Å². The standard InChI is InChI=1S/C7H5ClF2/c1-4-5(8)2-3-6(9)7(4)10/h2-3H,1H3. The zero-order chi connectivity index (χ0) is 7.72. The van der Waals surface area contributed by atoms with Crippen molar-refractivity contribution in [1.82, 2.24) is 0 Å². The second-order valence-corrected chi connectivity index (χ2v) is 2.38. The van der Waals surface area contributed by atoms with Crippen LogP contribution in [0.4, 0.5) is 8.78 Å². The lowest BCUT2D eigenvalue weighted by Gasteiger charge is -1.98. The third kappa shape index (κ3) is 1.12. The zero-order valence-electron chi connectivity index (χ0n) is 5.29. The second-order valence-electron chi connectivity index (χ2n) is 1.97. The quantitative estimate of drug-likeness (QED) is 0.515. The van der Waals surface area contributed by atoms with Gasteiger partial charge in [0, 0.05) is 10.6 Å². The Morgan fingerprint density at radius 1 is 1.30 bits per heavy atom. The maximum absolute atomic E-state index is 12.5. The van der Waals surface area contributed by atoms with Crippen LogP contribution in [0.2, 0.25) is 5.02 Å². The molecule has 0 saturated carbocycles. The molecule has 0 atom stereocenters. The Bertz CT molecular complexity index is 231. The van der Waals surface area contributed by atoms with Crippen LogP contribution in [-0.4, -0.2) is 0 Å². The van der Waals surface area contributed by atoms with E-state index in [4.69, 9.17) is 11.6 Å². The van der Waals surface area contributed by atoms with E-state index in [1.807, 2.05) is 0 Å². The molecule has 1 aromatic carbocycles. The largest absolute Gasteiger partial charge is 0.204 e. The van der Waals surface area contributed by atoms with Gasteiger partial charge in [-0.2, -0.15) is 0 Å². The molecule has 0 N–H and O–H groups in total. The van der Waals surface area contributed by atoms with Crippen LogP contribution in [0.5, 0.6) is 0 Å². The summed E-state index contributed by atoms with van der Waals surface area (Å²) in [6.07, 6.45) is 0. The van der Waals surface area contributed by atoms with Crippen molar-refractivity contribution >= 4 is 11.6 Å². The third-order valence-corrected chi connectivity index (χ3v) is 1.68. The molecule has 0 bridgehead atoms. The third-order valence-electron chi connectivity index (χ3n) is 1.27. The average Bonchev–Trinajstić information content (AvgIpc) is 1.93. The lowest BCUT2D eigenvalue weighted by Crippen LogP contribution is -1.88. The summed E-state index contributed by atoms with van der Waals surface area (Å²) in [7, 11) is 0. The monoisotopic (exact) mass is 162 g/mol. The van der Waals surface area contributed by atoms with Gasteiger partial charge in [0.2, 0.25) is 0 Å². The van der Waals surface area contributed by atoms with Gasteiger partial charge in [0.1, 0.15) is 0 Å². The highest BCUT2D eigenvalue weighted by Crippen LogP contribution is 2.19. The van der Waals surface area contributed by atoms with E-state index in [1.165, 1.54) is 13.0 Å². The highest BCUT2D eigenvalue weighted by Gasteiger charge is 2.06. The minimum absolute atomic E-state index is 0.154. The maximum Gasteiger partial charge on any atom is 0.163 e. The normalized spacial score (nSPS) is 10.0. The minimum atomic E-state index is -0.868. The van der Waals surface area contributed by atoms with Gasteiger partial charge in [0.25, 0.3) is 0 Å². The molecule has 0 unspecified atom stereocenters. The van der Waals surface area contributed by atoms with Gasteiger partial charge in [-0.15, -0.1) is 0 Å². The molecule has 0 spiro atoms. The van der Waals surface area contributed by atoms with Crippen molar-refractivity contribution in [3.05, 3.63) is 34.4 Å². The van der Waals surface area contributed by atoms with Crippen molar-refractivity contribution in [2.24, 2.45) is 0 Å². The zero-order valence-corrected chi connectivity index (χ0v) is 6.04. The topological polar surface area (TPSA) is 0 Å². The van der Waals surface area contributed by atoms with Crippen molar-refractivity contribution in [3.63, 3.8) is 0 Å². The van der Waals surface area contributed by atoms with E-state index < -0.39 is 11.6 Å². The summed E-state index contributed by atoms with van der Waals surface area (Å²) in [6.45, 7) is 1.43. The second kappa shape index (κ2) is 2.54. The molecular weight excluding hydrogens is 158 g/mol. The van der Waals surface area contributed by atoms with Crippen LogP contribution < -0.4 is 0 Å². The Balaban J connectivity index is 3.34. The molecule has 1 aromatic rings. The highest BCUT2D eigenvalue weighted by atomic mass is 35.5. The first kappa shape index (κ1) is 7.48. The van der Waals surface area contributed by atoms with Crippen molar-refractivity contribution in [2.45, 2.75) is 6.92 Å². The number of hydrogen-bond donors (Lipinski definition) is 0. The number of benzene rings is 1. The summed E-state index contributed by atoms with van der Waals surface area (Å²) < 4.78 is 24.9. The molecule has 0 aliphatic carbocycles. The molecule has 3 heteroatoms. The molecule has 1 rings (SSSR count). The van der Waals surface area contributed by atoms with Gasteiger partial charge in [-0.3, -0.25) is 0 Å². The number of hydrogen-bond acceptors (Lipinski definition) is 0. The van der Waals surface area contributed by atoms with Crippen molar-refractivity contribution < 1.29 is 8.78 Å². The molecule has 54 valence electrons. The van der Waals surface area contributed by atoms with Crippen LogP contribution in [0.3, 0.4) is 0 Å². The predicted molar refractivity (Wildman–Crippen MR) is 36.1 cm³/mol. The van der Waals surface area contributed by atoms with Gasteiger partial charge < -0.3 is 0 Å². The molecule has 0 fully saturated rings. The first-order chi connectivity index (χ1) is 4.63. The minimum Gasteiger partial charge on any atom is -0.204 e.